The molecule has 19 heavy (non-hydrogen) atoms. The molecule has 0 bridgehead atoms. The average molecular weight is 262 g/mol. The van der Waals surface area contributed by atoms with Crippen molar-refractivity contribution >= 4 is 27.6 Å². The number of aromatic amines is 1. The predicted octanol–water partition coefficient (Wildman–Crippen LogP) is 4.66. The molecule has 1 aliphatic heterocycles. The fourth-order valence-corrected chi connectivity index (χ4v) is 3.59. The summed E-state index contributed by atoms with van der Waals surface area (Å²) in [6.45, 7) is 0. The summed E-state index contributed by atoms with van der Waals surface area (Å²) >= 11 is 1.84. The van der Waals surface area contributed by atoms with E-state index in [1.807, 2.05) is 17.8 Å². The first-order valence-corrected chi connectivity index (χ1v) is 7.18. The number of rotatable bonds is 1. The van der Waals surface area contributed by atoms with Crippen molar-refractivity contribution < 1.29 is 0 Å². The molecule has 1 N–H and O–H groups in total. The molecule has 0 amide bonds. The number of aromatic nitrogens is 1. The highest BCUT2D eigenvalue weighted by Crippen LogP contribution is 2.42. The number of thioether (sulfide) groups is 1. The van der Waals surface area contributed by atoms with Gasteiger partial charge in [0.15, 0.2) is 0 Å². The Bertz CT molecular complexity index is 783. The van der Waals surface area contributed by atoms with E-state index >= 15 is 0 Å². The first kappa shape index (κ1) is 10.9. The fourth-order valence-electron chi connectivity index (χ4n) is 2.49. The minimum atomic E-state index is 1.01. The summed E-state index contributed by atoms with van der Waals surface area (Å²) in [5, 5.41) is 1.25. The van der Waals surface area contributed by atoms with Gasteiger partial charge in [-0.2, -0.15) is 0 Å². The number of para-hydroxylation sites is 1. The summed E-state index contributed by atoms with van der Waals surface area (Å²) < 4.78 is 0. The Morgan fingerprint density at radius 3 is 2.84 bits per heavy atom. The van der Waals surface area contributed by atoms with Gasteiger partial charge in [0.1, 0.15) is 0 Å². The van der Waals surface area contributed by atoms with Crippen LogP contribution in [-0.2, 0) is 6.42 Å². The first-order valence-electron chi connectivity index (χ1n) is 6.36. The van der Waals surface area contributed by atoms with Crippen LogP contribution in [0, 0.1) is 6.20 Å². The largest absolute Gasteiger partial charge is 0.353 e. The summed E-state index contributed by atoms with van der Waals surface area (Å²) in [4.78, 5) is 5.89. The number of hydrogen-bond acceptors (Lipinski definition) is 1. The molecule has 0 spiro atoms. The van der Waals surface area contributed by atoms with Crippen molar-refractivity contribution in [2.24, 2.45) is 0 Å². The molecule has 0 fully saturated rings. The monoisotopic (exact) mass is 262 g/mol. The molecule has 91 valence electrons. The van der Waals surface area contributed by atoms with Crippen LogP contribution in [0.2, 0.25) is 0 Å². The standard InChI is InChI=1S/C17H12NS/c1-4-8-16-12(5-1)9-10-17(19-16)14-11-18-15-7-3-2-6-13(14)15/h1-8,10,18H,9H2. The Kier molecular flexibility index (Phi) is 2.49. The second-order valence-electron chi connectivity index (χ2n) is 4.65. The molecule has 4 rings (SSSR count). The molecule has 0 aliphatic carbocycles. The summed E-state index contributed by atoms with van der Waals surface area (Å²) in [7, 11) is 0. The van der Waals surface area contributed by atoms with Crippen molar-refractivity contribution in [2.75, 3.05) is 0 Å². The van der Waals surface area contributed by atoms with E-state index in [4.69, 9.17) is 0 Å². The van der Waals surface area contributed by atoms with Crippen LogP contribution in [0.5, 0.6) is 0 Å². The molecule has 0 saturated carbocycles. The molecule has 1 aliphatic rings. The Balaban J connectivity index is 1.81. The Hall–Kier alpha value is -1.93. The van der Waals surface area contributed by atoms with Crippen molar-refractivity contribution in [3.05, 3.63) is 71.9 Å². The Morgan fingerprint density at radius 1 is 1.00 bits per heavy atom. The summed E-state index contributed by atoms with van der Waals surface area (Å²) in [5.41, 5.74) is 3.75. The van der Waals surface area contributed by atoms with Gasteiger partial charge < -0.3 is 4.98 Å². The van der Waals surface area contributed by atoms with Gasteiger partial charge >= 0.3 is 0 Å². The van der Waals surface area contributed by atoms with E-state index in [0.29, 0.717) is 0 Å². The molecule has 1 aromatic heterocycles. The third-order valence-electron chi connectivity index (χ3n) is 3.46. The number of hydrogen-bond donors (Lipinski definition) is 1. The third kappa shape index (κ3) is 1.80. The molecule has 3 aromatic rings. The van der Waals surface area contributed by atoms with Gasteiger partial charge in [-0.15, -0.1) is 0 Å². The van der Waals surface area contributed by atoms with E-state index in [1.165, 1.54) is 26.3 Å². The fraction of sp³-hybridized carbons (Fsp3) is 0.0588. The van der Waals surface area contributed by atoms with E-state index in [1.54, 1.807) is 0 Å². The lowest BCUT2D eigenvalue weighted by Gasteiger charge is -2.15. The van der Waals surface area contributed by atoms with Gasteiger partial charge in [-0.25, -0.2) is 0 Å². The Morgan fingerprint density at radius 2 is 1.84 bits per heavy atom. The minimum Gasteiger partial charge on any atom is -0.353 e. The van der Waals surface area contributed by atoms with Crippen LogP contribution in [0.3, 0.4) is 0 Å². The maximum absolute atomic E-state index is 3.30. The van der Waals surface area contributed by atoms with Gasteiger partial charge in [-0.05, 0) is 24.1 Å². The minimum absolute atomic E-state index is 1.01. The molecule has 1 radical (unpaired) electrons. The van der Waals surface area contributed by atoms with Gasteiger partial charge in [0, 0.05) is 26.3 Å². The first-order chi connectivity index (χ1) is 9.42. The molecule has 0 atom stereocenters. The molecule has 0 unspecified atom stereocenters. The van der Waals surface area contributed by atoms with Gasteiger partial charge in [0.2, 0.25) is 0 Å². The third-order valence-corrected chi connectivity index (χ3v) is 4.67. The zero-order valence-electron chi connectivity index (χ0n) is 10.3. The van der Waals surface area contributed by atoms with E-state index in [-0.39, 0.29) is 0 Å². The summed E-state index contributed by atoms with van der Waals surface area (Å²) in [6, 6.07) is 17.0. The highest BCUT2D eigenvalue weighted by molar-refractivity contribution is 8.08. The predicted molar refractivity (Wildman–Crippen MR) is 81.1 cm³/mol. The molecule has 2 heteroatoms. The molecule has 2 aromatic carbocycles. The highest BCUT2D eigenvalue weighted by Gasteiger charge is 2.15. The zero-order valence-corrected chi connectivity index (χ0v) is 11.1. The lowest BCUT2D eigenvalue weighted by molar-refractivity contribution is 1.17. The second kappa shape index (κ2) is 4.32. The SMILES string of the molecule is [c]1[nH]c2ccccc2c1C1=CCc2ccccc2S1. The van der Waals surface area contributed by atoms with Crippen LogP contribution >= 0.6 is 11.8 Å². The van der Waals surface area contributed by atoms with Crippen molar-refractivity contribution in [2.45, 2.75) is 11.3 Å². The average Bonchev–Trinajstić information content (AvgIpc) is 2.91. The maximum Gasteiger partial charge on any atom is 0.0722 e. The molecular weight excluding hydrogens is 250 g/mol. The van der Waals surface area contributed by atoms with E-state index in [9.17, 15) is 0 Å². The van der Waals surface area contributed by atoms with Crippen molar-refractivity contribution in [1.82, 2.24) is 4.98 Å². The quantitative estimate of drug-likeness (QED) is 0.674. The van der Waals surface area contributed by atoms with Crippen LogP contribution in [-0.4, -0.2) is 4.98 Å². The van der Waals surface area contributed by atoms with E-state index < -0.39 is 0 Å². The van der Waals surface area contributed by atoms with Crippen LogP contribution in [0.15, 0.2) is 59.5 Å². The lowest BCUT2D eigenvalue weighted by atomic mass is 10.1. The van der Waals surface area contributed by atoms with E-state index in [2.05, 4.69) is 59.7 Å². The molecule has 1 nitrogen and oxygen atoms in total. The van der Waals surface area contributed by atoms with Crippen LogP contribution < -0.4 is 0 Å². The van der Waals surface area contributed by atoms with Crippen molar-refractivity contribution in [1.29, 1.82) is 0 Å². The van der Waals surface area contributed by atoms with Crippen molar-refractivity contribution in [3.63, 3.8) is 0 Å². The molecule has 2 heterocycles. The normalized spacial score (nSPS) is 14.2. The maximum atomic E-state index is 3.30. The van der Waals surface area contributed by atoms with Gasteiger partial charge in [0.25, 0.3) is 0 Å². The topological polar surface area (TPSA) is 15.8 Å². The van der Waals surface area contributed by atoms with Gasteiger partial charge in [-0.3, -0.25) is 0 Å². The number of allylic oxidation sites excluding steroid dienone is 1. The smallest absolute Gasteiger partial charge is 0.0722 e. The van der Waals surface area contributed by atoms with Crippen LogP contribution in [0.4, 0.5) is 0 Å². The second-order valence-corrected chi connectivity index (χ2v) is 5.74. The number of fused-ring (bicyclic) bond motifs is 2. The zero-order chi connectivity index (χ0) is 12.7. The highest BCUT2D eigenvalue weighted by atomic mass is 32.2. The summed E-state index contributed by atoms with van der Waals surface area (Å²) in [6.07, 6.45) is 6.61. The molecule has 0 saturated heterocycles. The molecular formula is C17H12NS. The van der Waals surface area contributed by atoms with E-state index in [0.717, 1.165) is 11.9 Å². The number of H-pyrrole nitrogens is 1. The number of benzene rings is 2. The Labute approximate surface area is 116 Å². The van der Waals surface area contributed by atoms with Crippen LogP contribution in [0.25, 0.3) is 15.8 Å². The number of nitrogens with one attached hydrogen (secondary N) is 1. The summed E-state index contributed by atoms with van der Waals surface area (Å²) in [5.74, 6) is 0. The van der Waals surface area contributed by atoms with Gasteiger partial charge in [-0.1, -0.05) is 54.2 Å². The van der Waals surface area contributed by atoms with Crippen LogP contribution in [0.1, 0.15) is 11.1 Å². The van der Waals surface area contributed by atoms with Crippen molar-refractivity contribution in [3.8, 4) is 0 Å². The van der Waals surface area contributed by atoms with Gasteiger partial charge in [0.05, 0.1) is 6.20 Å². The lowest BCUT2D eigenvalue weighted by Crippen LogP contribution is -1.93.